The van der Waals surface area contributed by atoms with Crippen molar-refractivity contribution in [3.05, 3.63) is 68.2 Å². The molecule has 0 aliphatic rings. The molecule has 8 nitrogen and oxygen atoms in total. The van der Waals surface area contributed by atoms with Crippen molar-refractivity contribution in [2.45, 2.75) is 40.2 Å². The molecule has 33 heavy (non-hydrogen) atoms. The highest BCUT2D eigenvalue weighted by Crippen LogP contribution is 2.18. The van der Waals surface area contributed by atoms with Gasteiger partial charge >= 0.3 is 6.09 Å². The molecule has 1 aromatic heterocycles. The summed E-state index contributed by atoms with van der Waals surface area (Å²) in [5.41, 5.74) is 2.75. The summed E-state index contributed by atoms with van der Waals surface area (Å²) < 4.78 is 6.87. The molecule has 0 aliphatic carbocycles. The highest BCUT2D eigenvalue weighted by molar-refractivity contribution is 7.71. The van der Waals surface area contributed by atoms with Crippen LogP contribution in [0.5, 0.6) is 0 Å². The largest absolute Gasteiger partial charge is 0.444 e. The number of aromatic amines is 1. The van der Waals surface area contributed by atoms with Gasteiger partial charge < -0.3 is 20.4 Å². The number of aryl methyl sites for hydroxylation is 1. The van der Waals surface area contributed by atoms with E-state index in [1.165, 1.54) is 4.57 Å². The Labute approximate surface area is 197 Å². The smallest absolute Gasteiger partial charge is 0.407 e. The summed E-state index contributed by atoms with van der Waals surface area (Å²) in [7, 11) is 0. The van der Waals surface area contributed by atoms with Gasteiger partial charge in [-0.25, -0.2) is 4.79 Å². The molecule has 3 aromatic rings. The Kier molecular flexibility index (Phi) is 7.02. The predicted octanol–water partition coefficient (Wildman–Crippen LogP) is 3.92. The van der Waals surface area contributed by atoms with E-state index >= 15 is 0 Å². The number of hydrogen-bond acceptors (Lipinski definition) is 5. The number of aromatic nitrogens is 2. The van der Waals surface area contributed by atoms with Crippen molar-refractivity contribution < 1.29 is 14.3 Å². The zero-order chi connectivity index (χ0) is 24.3. The minimum absolute atomic E-state index is 0.219. The fourth-order valence-electron chi connectivity index (χ4n) is 3.31. The van der Waals surface area contributed by atoms with Gasteiger partial charge in [-0.1, -0.05) is 12.1 Å². The van der Waals surface area contributed by atoms with E-state index in [0.717, 1.165) is 16.8 Å². The van der Waals surface area contributed by atoms with Crippen molar-refractivity contribution in [1.29, 1.82) is 0 Å². The molecule has 3 rings (SSSR count). The van der Waals surface area contributed by atoms with Crippen LogP contribution < -0.4 is 16.2 Å². The molecule has 0 atom stereocenters. The molecular formula is C24H28N4O4S. The molecule has 0 fully saturated rings. The molecule has 174 valence electrons. The lowest BCUT2D eigenvalue weighted by Gasteiger charge is -2.19. The summed E-state index contributed by atoms with van der Waals surface area (Å²) in [5.74, 6) is -0.332. The van der Waals surface area contributed by atoms with Crippen LogP contribution in [0, 0.1) is 18.6 Å². The van der Waals surface area contributed by atoms with E-state index in [1.807, 2.05) is 32.0 Å². The summed E-state index contributed by atoms with van der Waals surface area (Å²) in [6, 6.07) is 10.5. The van der Waals surface area contributed by atoms with Crippen LogP contribution in [-0.4, -0.2) is 40.2 Å². The molecule has 0 bridgehead atoms. The summed E-state index contributed by atoms with van der Waals surface area (Å²) in [4.78, 5) is 40.4. The molecule has 0 radical (unpaired) electrons. The van der Waals surface area contributed by atoms with Crippen LogP contribution in [0.3, 0.4) is 0 Å². The number of carbonyl (C=O) groups is 2. The maximum atomic E-state index is 13.2. The lowest BCUT2D eigenvalue weighted by Crippen LogP contribution is -2.37. The standard InChI is InChI=1S/C24H28N4O4S/c1-14-7-6-8-19(15(14)2)28-21(30)17-10-9-16(13-18(17)27-22(28)33)20(29)25-11-12-26-23(31)32-24(3,4)5/h6-10,13H,11-12H2,1-5H3,(H,25,29)(H,26,31)(H,27,33). The Morgan fingerprint density at radius 1 is 1.09 bits per heavy atom. The van der Waals surface area contributed by atoms with Gasteiger partial charge in [0.15, 0.2) is 4.77 Å². The third-order valence-corrected chi connectivity index (χ3v) is 5.34. The van der Waals surface area contributed by atoms with E-state index in [2.05, 4.69) is 15.6 Å². The number of fused-ring (bicyclic) bond motifs is 1. The van der Waals surface area contributed by atoms with Crippen LogP contribution in [0.4, 0.5) is 4.79 Å². The van der Waals surface area contributed by atoms with E-state index in [1.54, 1.807) is 39.0 Å². The molecule has 0 saturated carbocycles. The quantitative estimate of drug-likeness (QED) is 0.389. The first kappa shape index (κ1) is 24.2. The second kappa shape index (κ2) is 9.58. The van der Waals surface area contributed by atoms with Gasteiger partial charge in [-0.2, -0.15) is 0 Å². The Hall–Kier alpha value is -3.46. The fourth-order valence-corrected chi connectivity index (χ4v) is 3.60. The first-order valence-corrected chi connectivity index (χ1v) is 11.0. The summed E-state index contributed by atoms with van der Waals surface area (Å²) in [6.45, 7) is 9.69. The van der Waals surface area contributed by atoms with Gasteiger partial charge in [0, 0.05) is 18.7 Å². The number of amides is 2. The van der Waals surface area contributed by atoms with Gasteiger partial charge in [-0.15, -0.1) is 0 Å². The lowest BCUT2D eigenvalue weighted by molar-refractivity contribution is 0.0526. The van der Waals surface area contributed by atoms with Crippen molar-refractivity contribution in [3.8, 4) is 5.69 Å². The van der Waals surface area contributed by atoms with E-state index in [-0.39, 0.29) is 29.3 Å². The Bertz CT molecular complexity index is 1340. The van der Waals surface area contributed by atoms with Gasteiger partial charge in [0.05, 0.1) is 16.6 Å². The number of carbonyl (C=O) groups excluding carboxylic acids is 2. The van der Waals surface area contributed by atoms with Gasteiger partial charge in [-0.05, 0) is 82.2 Å². The first-order valence-electron chi connectivity index (χ1n) is 10.6. The molecule has 0 spiro atoms. The molecule has 9 heteroatoms. The van der Waals surface area contributed by atoms with Crippen molar-refractivity contribution in [2.24, 2.45) is 0 Å². The summed E-state index contributed by atoms with van der Waals surface area (Å²) in [6.07, 6.45) is -0.546. The minimum atomic E-state index is -0.588. The highest BCUT2D eigenvalue weighted by Gasteiger charge is 2.16. The monoisotopic (exact) mass is 468 g/mol. The minimum Gasteiger partial charge on any atom is -0.444 e. The topological polar surface area (TPSA) is 105 Å². The van der Waals surface area contributed by atoms with Gasteiger partial charge in [-0.3, -0.25) is 14.2 Å². The van der Waals surface area contributed by atoms with Crippen molar-refractivity contribution in [3.63, 3.8) is 0 Å². The third kappa shape index (κ3) is 5.67. The van der Waals surface area contributed by atoms with Crippen LogP contribution in [0.15, 0.2) is 41.2 Å². The highest BCUT2D eigenvalue weighted by atomic mass is 32.1. The molecule has 0 unspecified atom stereocenters. The SMILES string of the molecule is Cc1cccc(-n2c(=S)[nH]c3cc(C(=O)NCCNC(=O)OC(C)(C)C)ccc3c2=O)c1C. The normalized spacial score (nSPS) is 11.3. The van der Waals surface area contributed by atoms with E-state index in [0.29, 0.717) is 16.5 Å². The van der Waals surface area contributed by atoms with Crippen molar-refractivity contribution in [1.82, 2.24) is 20.2 Å². The molecule has 1 heterocycles. The van der Waals surface area contributed by atoms with Crippen LogP contribution in [-0.2, 0) is 4.74 Å². The average Bonchev–Trinajstić information content (AvgIpc) is 2.72. The number of alkyl carbamates (subject to hydrolysis) is 1. The van der Waals surface area contributed by atoms with Crippen molar-refractivity contribution in [2.75, 3.05) is 13.1 Å². The van der Waals surface area contributed by atoms with Gasteiger partial charge in [0.2, 0.25) is 0 Å². The predicted molar refractivity (Wildman–Crippen MR) is 131 cm³/mol. The molecule has 0 aliphatic heterocycles. The number of hydrogen-bond donors (Lipinski definition) is 3. The Balaban J connectivity index is 1.77. The number of nitrogens with one attached hydrogen (secondary N) is 3. The molecular weight excluding hydrogens is 440 g/mol. The fraction of sp³-hybridized carbons (Fsp3) is 0.333. The summed E-state index contributed by atoms with van der Waals surface area (Å²) in [5, 5.41) is 5.73. The molecule has 3 N–H and O–H groups in total. The lowest BCUT2D eigenvalue weighted by atomic mass is 10.1. The molecule has 2 aromatic carbocycles. The van der Waals surface area contributed by atoms with Gasteiger partial charge in [0.25, 0.3) is 11.5 Å². The molecule has 2 amide bonds. The second-order valence-corrected chi connectivity index (χ2v) is 9.12. The van der Waals surface area contributed by atoms with E-state index < -0.39 is 11.7 Å². The average molecular weight is 469 g/mol. The maximum absolute atomic E-state index is 13.2. The number of benzene rings is 2. The van der Waals surface area contributed by atoms with E-state index in [4.69, 9.17) is 17.0 Å². The number of ether oxygens (including phenoxy) is 1. The molecule has 0 saturated heterocycles. The second-order valence-electron chi connectivity index (χ2n) is 8.73. The van der Waals surface area contributed by atoms with Crippen molar-refractivity contribution >= 4 is 35.1 Å². The number of H-pyrrole nitrogens is 1. The first-order chi connectivity index (χ1) is 15.5. The van der Waals surface area contributed by atoms with Crippen LogP contribution in [0.2, 0.25) is 0 Å². The van der Waals surface area contributed by atoms with Crippen LogP contribution in [0.25, 0.3) is 16.6 Å². The number of nitrogens with zero attached hydrogens (tertiary/aromatic N) is 1. The van der Waals surface area contributed by atoms with Crippen LogP contribution in [0.1, 0.15) is 42.3 Å². The summed E-state index contributed by atoms with van der Waals surface area (Å²) >= 11 is 5.46. The zero-order valence-electron chi connectivity index (χ0n) is 19.4. The van der Waals surface area contributed by atoms with E-state index in [9.17, 15) is 14.4 Å². The maximum Gasteiger partial charge on any atom is 0.407 e. The third-order valence-electron chi connectivity index (χ3n) is 5.06. The Morgan fingerprint density at radius 2 is 1.79 bits per heavy atom. The van der Waals surface area contributed by atoms with Crippen LogP contribution >= 0.6 is 12.2 Å². The van der Waals surface area contributed by atoms with Gasteiger partial charge in [0.1, 0.15) is 5.60 Å². The zero-order valence-corrected chi connectivity index (χ0v) is 20.2. The Morgan fingerprint density at radius 3 is 2.48 bits per heavy atom. The number of rotatable bonds is 5.